The summed E-state index contributed by atoms with van der Waals surface area (Å²) in [5.41, 5.74) is 16.0. The molecular formula is C86H103B3Br2ClN10O10S2. The molecule has 4 amide bonds. The molecule has 0 bridgehead atoms. The number of hydrogen-bond donors (Lipinski definition) is 11. The number of nitrogen functional groups attached to an aromatic ring is 1. The summed E-state index contributed by atoms with van der Waals surface area (Å²) in [6, 6.07) is 39.7. The number of thiophene rings is 2. The SMILES string of the molecule is C=CC(=C)Nc1cc(-c2ccc3c(ccc4sc5c(c43)NC[C@@H](C)NC5=O)n2)ccc1C.C=CC(=O)Nc1cc(B2OC(C)(C)C(C)(C)O2)ccc1C.C=CC(=O)Nc1cc(Br)ccc1C.CC(C)(O)C(C)(C)O.C[C@@H]1CNc2c(sc3ccc4nc(Cl)ccc4c23)C(=O)N1.Cc1ccc(Br)cc1N.[B][B]OC(C)(C)C(C)(C)O. The highest BCUT2D eigenvalue weighted by atomic mass is 79.9. The highest BCUT2D eigenvalue weighted by Gasteiger charge is 2.52. The van der Waals surface area contributed by atoms with Gasteiger partial charge in [-0.15, -0.1) is 22.7 Å². The number of rotatable bonds is 13. The van der Waals surface area contributed by atoms with Crippen LogP contribution in [0.5, 0.6) is 0 Å². The van der Waals surface area contributed by atoms with Crippen molar-refractivity contribution in [1.29, 1.82) is 0 Å². The number of benzene rings is 6. The molecule has 0 saturated carbocycles. The number of nitrogens with two attached hydrogens (primary N) is 1. The van der Waals surface area contributed by atoms with E-state index in [1.807, 2.05) is 147 Å². The number of carbonyl (C=O) groups is 4. The summed E-state index contributed by atoms with van der Waals surface area (Å²) in [5, 5.41) is 54.1. The number of allylic oxidation sites excluding steroid dienone is 1. The fourth-order valence-corrected chi connectivity index (χ4v) is 13.7. The first-order valence-electron chi connectivity index (χ1n) is 36.8. The summed E-state index contributed by atoms with van der Waals surface area (Å²) >= 11 is 15.6. The summed E-state index contributed by atoms with van der Waals surface area (Å²) in [4.78, 5) is 58.2. The van der Waals surface area contributed by atoms with Gasteiger partial charge in [0.15, 0.2) is 0 Å². The molecule has 6 aromatic carbocycles. The van der Waals surface area contributed by atoms with Gasteiger partial charge in [0.2, 0.25) is 19.2 Å². The van der Waals surface area contributed by atoms with Gasteiger partial charge in [0.1, 0.15) is 14.9 Å². The molecule has 7 heterocycles. The molecule has 2 atom stereocenters. The van der Waals surface area contributed by atoms with Crippen molar-refractivity contribution in [2.75, 3.05) is 45.4 Å². The van der Waals surface area contributed by atoms with E-state index in [1.165, 1.54) is 34.8 Å². The Bertz CT molecular complexity index is 5200. The Morgan fingerprint density at radius 3 is 1.50 bits per heavy atom. The standard InChI is InChI=1S/C26H24N4OS.C16H22BNO3.C15H12ClN3OS.C10H10BrNO.C7H8BrN.C6H13B2O2.C6H14O2/c1-5-15(3)28-21-12-17(7-6-14(21)2)19-9-8-18-20(30-19)10-11-22-23(18)24-25(32-22)26(31)29-16(4)13-27-24;1-7-14(19)18-13-10-12(9-8-11(13)2)17-20-15(3,4)16(5,6)21-17;1-7-6-17-13-12-8-2-5-11(16)19-9(8)3-4-10(12)21-14(13)15(20)18-7;1-3-10(13)12-9-6-8(11)5-4-7(9)2;1-5-2-3-6(8)4-7(5)9;1-5(2,9)6(3,4)10-8-7;1-5(2,7)6(3,4)8/h5-12,16,27-28H,1,3,13H2,2,4H3,(H,29,31);7-10H,1H2,2-6H3,(H,18,19);2-5,7,17H,6H2,1H3,(H,18,20);3-6H,1H2,2H3,(H,12,13);2-4H,9H2,1H3;9H,1-4H3;7-8H,1-4H3/t16-;;7-;;;;/m1.1..../s1. The van der Waals surface area contributed by atoms with Gasteiger partial charge in [0.25, 0.3) is 11.8 Å². The Kier molecular flexibility index (Phi) is 31.5. The number of anilines is 6. The lowest BCUT2D eigenvalue weighted by Crippen LogP contribution is -2.48. The maximum atomic E-state index is 12.6. The highest BCUT2D eigenvalue weighted by molar-refractivity contribution is 9.10. The zero-order valence-corrected chi connectivity index (χ0v) is 73.6. The van der Waals surface area contributed by atoms with Crippen LogP contribution in [0.3, 0.4) is 0 Å². The minimum atomic E-state index is -1.01. The van der Waals surface area contributed by atoms with Crippen LogP contribution in [0, 0.1) is 27.7 Å². The zero-order valence-electron chi connectivity index (χ0n) is 68.0. The van der Waals surface area contributed by atoms with Crippen molar-refractivity contribution >= 4 is 194 Å². The van der Waals surface area contributed by atoms with Crippen LogP contribution in [0.25, 0.3) is 53.2 Å². The topological polar surface area (TPSA) is 293 Å². The van der Waals surface area contributed by atoms with E-state index < -0.39 is 29.5 Å². The molecule has 3 radical (unpaired) electrons. The average molecular weight is 1730 g/mol. The molecular weight excluding hydrogens is 1620 g/mol. The van der Waals surface area contributed by atoms with E-state index in [4.69, 9.17) is 54.2 Å². The van der Waals surface area contributed by atoms with Crippen LogP contribution in [0.4, 0.5) is 34.1 Å². The van der Waals surface area contributed by atoms with Crippen molar-refractivity contribution in [3.63, 3.8) is 0 Å². The van der Waals surface area contributed by atoms with Gasteiger partial charge in [-0.25, -0.2) is 9.97 Å². The molecule has 3 aliphatic heterocycles. The molecule has 13 rings (SSSR count). The normalized spacial score (nSPS) is 15.3. The zero-order chi connectivity index (χ0) is 84.9. The van der Waals surface area contributed by atoms with Crippen LogP contribution in [-0.4, -0.2) is 130 Å². The second-order valence-corrected chi connectivity index (χ2v) is 35.1. The van der Waals surface area contributed by atoms with Crippen LogP contribution in [0.2, 0.25) is 5.15 Å². The van der Waals surface area contributed by atoms with E-state index in [0.29, 0.717) is 18.2 Å². The molecule has 4 aromatic heterocycles. The number of fused-ring (bicyclic) bond motifs is 10. The number of nitrogens with one attached hydrogen (secondary N) is 7. The number of aromatic nitrogens is 2. The van der Waals surface area contributed by atoms with E-state index in [1.54, 1.807) is 67.5 Å². The Morgan fingerprint density at radius 1 is 0.623 bits per heavy atom. The van der Waals surface area contributed by atoms with E-state index >= 15 is 0 Å². The lowest BCUT2D eigenvalue weighted by molar-refractivity contribution is -0.112. The number of pyridine rings is 2. The van der Waals surface area contributed by atoms with Gasteiger partial charge < -0.3 is 72.2 Å². The minimum Gasteiger partial charge on any atom is -0.445 e. The largest absolute Gasteiger partial charge is 0.494 e. The highest BCUT2D eigenvalue weighted by Crippen LogP contribution is 2.44. The van der Waals surface area contributed by atoms with E-state index in [0.717, 1.165) is 147 Å². The summed E-state index contributed by atoms with van der Waals surface area (Å²) in [5.74, 6) is -0.457. The van der Waals surface area contributed by atoms with Crippen molar-refractivity contribution in [1.82, 2.24) is 20.6 Å². The first-order chi connectivity index (χ1) is 53.1. The molecule has 114 heavy (non-hydrogen) atoms. The van der Waals surface area contributed by atoms with Gasteiger partial charge >= 0.3 is 7.12 Å². The van der Waals surface area contributed by atoms with Crippen molar-refractivity contribution in [3.8, 4) is 11.3 Å². The number of halogens is 3. The second-order valence-electron chi connectivity index (χ2n) is 30.8. The van der Waals surface area contributed by atoms with Gasteiger partial charge in [-0.1, -0.05) is 106 Å². The molecule has 1 fully saturated rings. The third-order valence-corrected chi connectivity index (χ3v) is 23.4. The number of amides is 4. The van der Waals surface area contributed by atoms with E-state index in [2.05, 4.69) is 138 Å². The monoisotopic (exact) mass is 1730 g/mol. The Labute approximate surface area is 702 Å². The smallest absolute Gasteiger partial charge is 0.445 e. The predicted molar refractivity (Wildman–Crippen MR) is 486 cm³/mol. The predicted octanol–water partition coefficient (Wildman–Crippen LogP) is 18.2. The van der Waals surface area contributed by atoms with Gasteiger partial charge in [-0.3, -0.25) is 19.2 Å². The number of nitrogens with zero attached hydrogens (tertiary/aromatic N) is 2. The van der Waals surface area contributed by atoms with Crippen molar-refractivity contribution < 1.29 is 48.5 Å². The van der Waals surface area contributed by atoms with Gasteiger partial charge in [0.05, 0.1) is 69.4 Å². The van der Waals surface area contributed by atoms with Crippen molar-refractivity contribution in [2.24, 2.45) is 0 Å². The first-order valence-corrected chi connectivity index (χ1v) is 40.4. The maximum absolute atomic E-state index is 12.6. The van der Waals surface area contributed by atoms with Gasteiger partial charge in [0, 0.05) is 99.1 Å². The van der Waals surface area contributed by atoms with Gasteiger partial charge in [-0.05, 0) is 256 Å². The molecule has 10 aromatic rings. The fraction of sp³-hybridized carbons (Fsp3) is 0.326. The summed E-state index contributed by atoms with van der Waals surface area (Å²) in [6.07, 6.45) is 4.20. The van der Waals surface area contributed by atoms with Gasteiger partial charge in [-0.2, -0.15) is 0 Å². The number of aryl methyl sites for hydroxylation is 4. The Hall–Kier alpha value is -8.70. The third kappa shape index (κ3) is 24.0. The maximum Gasteiger partial charge on any atom is 0.494 e. The van der Waals surface area contributed by atoms with Crippen molar-refractivity contribution in [3.05, 3.63) is 218 Å². The lowest BCUT2D eigenvalue weighted by atomic mass is 9.70. The van der Waals surface area contributed by atoms with Crippen LogP contribution in [0.15, 0.2) is 181 Å². The molecule has 20 nitrogen and oxygen atoms in total. The van der Waals surface area contributed by atoms with E-state index in [9.17, 15) is 24.3 Å². The van der Waals surface area contributed by atoms with Crippen LogP contribution in [0.1, 0.15) is 139 Å². The summed E-state index contributed by atoms with van der Waals surface area (Å²) in [6.45, 7) is 49.1. The Morgan fingerprint density at radius 2 is 1.06 bits per heavy atom. The van der Waals surface area contributed by atoms with Crippen LogP contribution < -0.4 is 48.4 Å². The van der Waals surface area contributed by atoms with Crippen molar-refractivity contribution in [2.45, 2.75) is 170 Å². The molecule has 0 unspecified atom stereocenters. The molecule has 3 aliphatic rings. The molecule has 28 heteroatoms. The third-order valence-electron chi connectivity index (χ3n) is 19.9. The molecule has 599 valence electrons. The molecule has 12 N–H and O–H groups in total. The van der Waals surface area contributed by atoms with Crippen LogP contribution >= 0.6 is 66.1 Å². The summed E-state index contributed by atoms with van der Waals surface area (Å²) in [7, 11) is 5.71. The number of aliphatic hydroxyl groups is 3. The summed E-state index contributed by atoms with van der Waals surface area (Å²) < 4.78 is 21.2. The molecule has 0 aliphatic carbocycles. The molecule has 1 saturated heterocycles. The fourth-order valence-electron chi connectivity index (χ4n) is 10.6. The number of hydrogen-bond acceptors (Lipinski definition) is 18. The van der Waals surface area contributed by atoms with E-state index in [-0.39, 0.29) is 46.9 Å². The Balaban J connectivity index is 0.000000195. The molecule has 0 spiro atoms. The minimum absolute atomic E-state index is 0.0150. The average Bonchev–Trinajstić information content (AvgIpc) is 1.56. The van der Waals surface area contributed by atoms with Crippen LogP contribution in [-0.2, 0) is 23.6 Å². The quantitative estimate of drug-likeness (QED) is 0.0168. The second kappa shape index (κ2) is 38.8. The lowest BCUT2D eigenvalue weighted by Gasteiger charge is -2.37. The number of carbonyl (C=O) groups excluding carboxylic acids is 4. The first kappa shape index (κ1) is 92.5.